The van der Waals surface area contributed by atoms with Gasteiger partial charge in [-0.05, 0) is 25.0 Å². The highest BCUT2D eigenvalue weighted by Crippen LogP contribution is 2.21. The van der Waals surface area contributed by atoms with Crippen molar-refractivity contribution < 1.29 is 8.42 Å². The van der Waals surface area contributed by atoms with Gasteiger partial charge >= 0.3 is 0 Å². The Bertz CT molecular complexity index is 533. The Labute approximate surface area is 124 Å². The Balaban J connectivity index is 1.95. The average molecular weight is 316 g/mol. The fraction of sp³-hybridized carbons (Fsp3) is 0.667. The molecule has 1 aliphatic rings. The fourth-order valence-corrected chi connectivity index (χ4v) is 3.12. The number of nitrogens with one attached hydrogen (secondary N) is 1. The van der Waals surface area contributed by atoms with Crippen LogP contribution >= 0.6 is 11.8 Å². The first-order valence-corrected chi connectivity index (χ1v) is 9.65. The fourth-order valence-electron chi connectivity index (χ4n) is 2.26. The van der Waals surface area contributed by atoms with Gasteiger partial charge in [-0.15, -0.1) is 11.8 Å². The Morgan fingerprint density at radius 1 is 1.45 bits per heavy atom. The molecular formula is C12H20N4O2S2. The minimum absolute atomic E-state index is 0.308. The zero-order valence-corrected chi connectivity index (χ0v) is 13.4. The number of rotatable bonds is 5. The summed E-state index contributed by atoms with van der Waals surface area (Å²) in [5, 5.41) is 0. The summed E-state index contributed by atoms with van der Waals surface area (Å²) >= 11 is 1.62. The summed E-state index contributed by atoms with van der Waals surface area (Å²) in [5.74, 6) is 1.04. The largest absolute Gasteiger partial charge is 0.341 e. The van der Waals surface area contributed by atoms with E-state index in [0.717, 1.165) is 36.8 Å². The summed E-state index contributed by atoms with van der Waals surface area (Å²) in [6.07, 6.45) is 8.90. The normalized spacial score (nSPS) is 20.1. The van der Waals surface area contributed by atoms with E-state index in [4.69, 9.17) is 0 Å². The molecule has 0 bridgehead atoms. The van der Waals surface area contributed by atoms with Crippen molar-refractivity contribution in [3.05, 3.63) is 12.4 Å². The Kier molecular flexibility index (Phi) is 5.22. The van der Waals surface area contributed by atoms with E-state index in [-0.39, 0.29) is 0 Å². The molecule has 1 N–H and O–H groups in total. The molecule has 1 atom stereocenters. The molecule has 1 aromatic rings. The molecule has 112 valence electrons. The molecule has 0 spiro atoms. The third-order valence-corrected chi connectivity index (χ3v) is 4.66. The first kappa shape index (κ1) is 15.5. The van der Waals surface area contributed by atoms with Crippen LogP contribution < -0.4 is 9.62 Å². The van der Waals surface area contributed by atoms with Crippen LogP contribution in [0, 0.1) is 5.92 Å². The van der Waals surface area contributed by atoms with Crippen LogP contribution in [0.3, 0.4) is 0 Å². The molecule has 6 nitrogen and oxygen atoms in total. The van der Waals surface area contributed by atoms with E-state index in [1.807, 2.05) is 18.6 Å². The van der Waals surface area contributed by atoms with Crippen molar-refractivity contribution in [2.24, 2.45) is 5.92 Å². The second-order valence-corrected chi connectivity index (χ2v) is 7.71. The lowest BCUT2D eigenvalue weighted by molar-refractivity contribution is 0.407. The Morgan fingerprint density at radius 3 is 2.75 bits per heavy atom. The lowest BCUT2D eigenvalue weighted by atomic mass is 9.99. The van der Waals surface area contributed by atoms with E-state index >= 15 is 0 Å². The SMILES string of the molecule is CSc1cnc(N2CCC[C@H](CNS(C)(=O)=O)C2)nc1. The molecule has 1 saturated heterocycles. The maximum Gasteiger partial charge on any atom is 0.225 e. The van der Waals surface area contributed by atoms with E-state index in [2.05, 4.69) is 19.6 Å². The maximum atomic E-state index is 11.1. The van der Waals surface area contributed by atoms with Crippen LogP contribution in [0.2, 0.25) is 0 Å². The monoisotopic (exact) mass is 316 g/mol. The van der Waals surface area contributed by atoms with Gasteiger partial charge in [0, 0.05) is 36.9 Å². The number of hydrogen-bond acceptors (Lipinski definition) is 6. The third kappa shape index (κ3) is 4.60. The molecule has 8 heteroatoms. The van der Waals surface area contributed by atoms with Crippen LogP contribution in [0.4, 0.5) is 5.95 Å². The van der Waals surface area contributed by atoms with Gasteiger partial charge in [0.1, 0.15) is 0 Å². The molecule has 1 aromatic heterocycles. The Morgan fingerprint density at radius 2 is 2.15 bits per heavy atom. The predicted molar refractivity (Wildman–Crippen MR) is 81.6 cm³/mol. The van der Waals surface area contributed by atoms with Crippen molar-refractivity contribution in [2.45, 2.75) is 17.7 Å². The zero-order valence-electron chi connectivity index (χ0n) is 11.7. The molecule has 2 heterocycles. The summed E-state index contributed by atoms with van der Waals surface area (Å²) < 4.78 is 24.9. The molecule has 0 aromatic carbocycles. The highest BCUT2D eigenvalue weighted by atomic mass is 32.2. The summed E-state index contributed by atoms with van der Waals surface area (Å²) in [6.45, 7) is 2.20. The smallest absolute Gasteiger partial charge is 0.225 e. The summed E-state index contributed by atoms with van der Waals surface area (Å²) in [6, 6.07) is 0. The highest BCUT2D eigenvalue weighted by Gasteiger charge is 2.22. The average Bonchev–Trinajstić information content (AvgIpc) is 2.45. The Hall–Kier alpha value is -0.860. The molecule has 0 saturated carbocycles. The number of piperidine rings is 1. The lowest BCUT2D eigenvalue weighted by Gasteiger charge is -2.32. The number of aromatic nitrogens is 2. The number of nitrogens with zero attached hydrogens (tertiary/aromatic N) is 3. The van der Waals surface area contributed by atoms with Gasteiger partial charge < -0.3 is 4.90 Å². The minimum Gasteiger partial charge on any atom is -0.341 e. The number of hydrogen-bond donors (Lipinski definition) is 1. The molecule has 0 amide bonds. The summed E-state index contributed by atoms with van der Waals surface area (Å²) in [7, 11) is -3.12. The van der Waals surface area contributed by atoms with Gasteiger partial charge in [0.25, 0.3) is 0 Å². The molecular weight excluding hydrogens is 296 g/mol. The van der Waals surface area contributed by atoms with Crippen molar-refractivity contribution in [3.63, 3.8) is 0 Å². The van der Waals surface area contributed by atoms with Crippen molar-refractivity contribution in [2.75, 3.05) is 37.0 Å². The van der Waals surface area contributed by atoms with E-state index in [1.165, 1.54) is 6.26 Å². The second-order valence-electron chi connectivity index (χ2n) is 5.00. The van der Waals surface area contributed by atoms with Crippen LogP contribution in [0.15, 0.2) is 17.3 Å². The number of sulfonamides is 1. The predicted octanol–water partition coefficient (Wildman–Crippen LogP) is 0.964. The van der Waals surface area contributed by atoms with Crippen LogP contribution in [-0.2, 0) is 10.0 Å². The molecule has 1 fully saturated rings. The maximum absolute atomic E-state index is 11.1. The van der Waals surface area contributed by atoms with Gasteiger partial charge in [0.05, 0.1) is 6.26 Å². The minimum atomic E-state index is -3.12. The highest BCUT2D eigenvalue weighted by molar-refractivity contribution is 7.98. The molecule has 0 radical (unpaired) electrons. The lowest BCUT2D eigenvalue weighted by Crippen LogP contribution is -2.41. The number of thioether (sulfide) groups is 1. The van der Waals surface area contributed by atoms with E-state index in [9.17, 15) is 8.42 Å². The summed E-state index contributed by atoms with van der Waals surface area (Å²) in [5.41, 5.74) is 0. The van der Waals surface area contributed by atoms with Gasteiger partial charge in [-0.3, -0.25) is 0 Å². The molecule has 20 heavy (non-hydrogen) atoms. The molecule has 0 aliphatic carbocycles. The quantitative estimate of drug-likeness (QED) is 0.816. The molecule has 1 aliphatic heterocycles. The van der Waals surface area contributed by atoms with Crippen LogP contribution in [0.1, 0.15) is 12.8 Å². The van der Waals surface area contributed by atoms with Crippen LogP contribution in [0.5, 0.6) is 0 Å². The molecule has 2 rings (SSSR count). The standard InChI is InChI=1S/C12H20N4O2S2/c1-19-11-7-13-12(14-8-11)16-5-3-4-10(9-16)6-15-20(2,17)18/h7-8,10,15H,3-6,9H2,1-2H3/t10-/m1/s1. The third-order valence-electron chi connectivity index (χ3n) is 3.29. The van der Waals surface area contributed by atoms with E-state index in [1.54, 1.807) is 11.8 Å². The van der Waals surface area contributed by atoms with Gasteiger partial charge in [-0.1, -0.05) is 0 Å². The van der Waals surface area contributed by atoms with Crippen molar-refractivity contribution in [1.82, 2.24) is 14.7 Å². The van der Waals surface area contributed by atoms with Gasteiger partial charge in [-0.25, -0.2) is 23.1 Å². The molecule has 0 unspecified atom stereocenters. The summed E-state index contributed by atoms with van der Waals surface area (Å²) in [4.78, 5) is 11.9. The first-order chi connectivity index (χ1) is 9.48. The van der Waals surface area contributed by atoms with Crippen LogP contribution in [-0.4, -0.2) is 50.5 Å². The van der Waals surface area contributed by atoms with Gasteiger partial charge in [0.2, 0.25) is 16.0 Å². The number of anilines is 1. The zero-order chi connectivity index (χ0) is 14.6. The van der Waals surface area contributed by atoms with Crippen molar-refractivity contribution in [3.8, 4) is 0 Å². The van der Waals surface area contributed by atoms with E-state index < -0.39 is 10.0 Å². The van der Waals surface area contributed by atoms with Crippen molar-refractivity contribution >= 4 is 27.7 Å². The van der Waals surface area contributed by atoms with E-state index in [0.29, 0.717) is 12.5 Å². The first-order valence-electron chi connectivity index (χ1n) is 6.53. The topological polar surface area (TPSA) is 75.2 Å². The second kappa shape index (κ2) is 6.73. The van der Waals surface area contributed by atoms with Crippen LogP contribution in [0.25, 0.3) is 0 Å². The van der Waals surface area contributed by atoms with Gasteiger partial charge in [-0.2, -0.15) is 0 Å². The van der Waals surface area contributed by atoms with Gasteiger partial charge in [0.15, 0.2) is 0 Å². The van der Waals surface area contributed by atoms with Crippen molar-refractivity contribution in [1.29, 1.82) is 0 Å².